The summed E-state index contributed by atoms with van der Waals surface area (Å²) in [5, 5.41) is 16.0. The van der Waals surface area contributed by atoms with Gasteiger partial charge in [-0.2, -0.15) is 10.1 Å². The van der Waals surface area contributed by atoms with Gasteiger partial charge in [-0.05, 0) is 59.3 Å². The van der Waals surface area contributed by atoms with E-state index in [4.69, 9.17) is 9.47 Å². The van der Waals surface area contributed by atoms with Gasteiger partial charge in [-0.15, -0.1) is 0 Å². The van der Waals surface area contributed by atoms with Crippen LogP contribution in [0.1, 0.15) is 11.1 Å². The fourth-order valence-electron chi connectivity index (χ4n) is 3.31. The van der Waals surface area contributed by atoms with E-state index in [2.05, 4.69) is 28.2 Å². The van der Waals surface area contributed by atoms with Gasteiger partial charge in [0.1, 0.15) is 23.9 Å². The maximum atomic E-state index is 6.18. The summed E-state index contributed by atoms with van der Waals surface area (Å²) in [5.41, 5.74) is 4.69. The van der Waals surface area contributed by atoms with Crippen molar-refractivity contribution in [1.29, 1.82) is 0 Å². The fraction of sp³-hybridized carbons (Fsp3) is 0.227. The molecule has 8 nitrogen and oxygen atoms in total. The standard InChI is InChI=1S/C22H24N6O2/c1-15-13-17(19-11-12-26(3)23-19)9-10-21(15)30-14-18-20(7-6-8-22(18)29-5)28-16(2)27(4)24-25-28/h6-13H,2,14H2,1,3-5H3. The van der Waals surface area contributed by atoms with Crippen molar-refractivity contribution in [2.45, 2.75) is 13.5 Å². The lowest BCUT2D eigenvalue weighted by Gasteiger charge is -2.21. The summed E-state index contributed by atoms with van der Waals surface area (Å²) in [6.07, 6.45) is 1.93. The Kier molecular flexibility index (Phi) is 5.14. The maximum absolute atomic E-state index is 6.18. The highest BCUT2D eigenvalue weighted by Gasteiger charge is 2.24. The Morgan fingerprint density at radius 3 is 2.50 bits per heavy atom. The third-order valence-electron chi connectivity index (χ3n) is 4.99. The first-order valence-corrected chi connectivity index (χ1v) is 9.51. The molecule has 1 aliphatic heterocycles. The first-order valence-electron chi connectivity index (χ1n) is 9.51. The van der Waals surface area contributed by atoms with Crippen LogP contribution < -0.4 is 14.5 Å². The van der Waals surface area contributed by atoms with Gasteiger partial charge in [0.15, 0.2) is 0 Å². The predicted molar refractivity (Wildman–Crippen MR) is 115 cm³/mol. The van der Waals surface area contributed by atoms with E-state index < -0.39 is 0 Å². The van der Waals surface area contributed by atoms with E-state index in [1.165, 1.54) is 0 Å². The smallest absolute Gasteiger partial charge is 0.146 e. The third kappa shape index (κ3) is 3.59. The molecule has 0 fully saturated rings. The van der Waals surface area contributed by atoms with Crippen LogP contribution in [-0.2, 0) is 13.7 Å². The molecule has 0 N–H and O–H groups in total. The Hall–Kier alpha value is -3.81. The highest BCUT2D eigenvalue weighted by molar-refractivity contribution is 5.63. The van der Waals surface area contributed by atoms with Crippen molar-refractivity contribution in [2.24, 2.45) is 17.5 Å². The number of aryl methyl sites for hydroxylation is 2. The van der Waals surface area contributed by atoms with E-state index in [0.29, 0.717) is 18.2 Å². The predicted octanol–water partition coefficient (Wildman–Crippen LogP) is 4.49. The van der Waals surface area contributed by atoms with Gasteiger partial charge in [-0.25, -0.2) is 5.01 Å². The summed E-state index contributed by atoms with van der Waals surface area (Å²) < 4.78 is 13.5. The first-order chi connectivity index (χ1) is 14.5. The Balaban J connectivity index is 1.59. The summed E-state index contributed by atoms with van der Waals surface area (Å²) in [7, 11) is 5.35. The van der Waals surface area contributed by atoms with Crippen molar-refractivity contribution < 1.29 is 9.47 Å². The van der Waals surface area contributed by atoms with Gasteiger partial charge in [0.05, 0.1) is 24.1 Å². The summed E-state index contributed by atoms with van der Waals surface area (Å²) in [4.78, 5) is 0. The molecule has 1 aliphatic rings. The molecule has 154 valence electrons. The van der Waals surface area contributed by atoms with Crippen LogP contribution in [0.5, 0.6) is 11.5 Å². The van der Waals surface area contributed by atoms with Crippen LogP contribution in [0.2, 0.25) is 0 Å². The van der Waals surface area contributed by atoms with Gasteiger partial charge >= 0.3 is 0 Å². The largest absolute Gasteiger partial charge is 0.496 e. The zero-order valence-corrected chi connectivity index (χ0v) is 17.5. The van der Waals surface area contributed by atoms with Crippen LogP contribution >= 0.6 is 0 Å². The maximum Gasteiger partial charge on any atom is 0.146 e. The van der Waals surface area contributed by atoms with Crippen LogP contribution in [0.15, 0.2) is 71.5 Å². The number of aromatic nitrogens is 2. The monoisotopic (exact) mass is 404 g/mol. The number of nitrogens with zero attached hydrogens (tertiary/aromatic N) is 6. The molecule has 3 aromatic rings. The third-order valence-corrected chi connectivity index (χ3v) is 4.99. The molecule has 0 spiro atoms. The Morgan fingerprint density at radius 1 is 1.03 bits per heavy atom. The number of rotatable bonds is 6. The Morgan fingerprint density at radius 2 is 1.87 bits per heavy atom. The minimum atomic E-state index is 0.312. The van der Waals surface area contributed by atoms with Crippen LogP contribution in [0.4, 0.5) is 5.69 Å². The molecule has 8 heteroatoms. The average Bonchev–Trinajstić information content (AvgIpc) is 3.32. The Bertz CT molecular complexity index is 1120. The number of ether oxygens (including phenoxy) is 2. The van der Waals surface area contributed by atoms with E-state index in [-0.39, 0.29) is 0 Å². The van der Waals surface area contributed by atoms with Crippen molar-refractivity contribution in [3.05, 3.63) is 72.2 Å². The van der Waals surface area contributed by atoms with Crippen LogP contribution in [0.3, 0.4) is 0 Å². The fourth-order valence-corrected chi connectivity index (χ4v) is 3.31. The molecule has 0 amide bonds. The van der Waals surface area contributed by atoms with Crippen molar-refractivity contribution in [3.8, 4) is 22.8 Å². The van der Waals surface area contributed by atoms with Crippen molar-refractivity contribution in [3.63, 3.8) is 0 Å². The van der Waals surface area contributed by atoms with Gasteiger partial charge < -0.3 is 9.47 Å². The number of benzene rings is 2. The average molecular weight is 404 g/mol. The van der Waals surface area contributed by atoms with Gasteiger partial charge in [0.25, 0.3) is 0 Å². The Labute approximate surface area is 175 Å². The topological polar surface area (TPSA) is 67.5 Å². The molecule has 0 bridgehead atoms. The second-order valence-corrected chi connectivity index (χ2v) is 7.03. The number of hydrogen-bond donors (Lipinski definition) is 0. The molecule has 0 radical (unpaired) electrons. The molecule has 0 saturated heterocycles. The second kappa shape index (κ2) is 7.90. The van der Waals surface area contributed by atoms with Crippen LogP contribution in [-0.4, -0.2) is 28.9 Å². The molecule has 0 saturated carbocycles. The van der Waals surface area contributed by atoms with E-state index in [1.54, 1.807) is 28.9 Å². The van der Waals surface area contributed by atoms with Gasteiger partial charge in [-0.3, -0.25) is 4.68 Å². The number of methoxy groups -OCH3 is 1. The van der Waals surface area contributed by atoms with Crippen LogP contribution in [0.25, 0.3) is 11.3 Å². The van der Waals surface area contributed by atoms with Crippen molar-refractivity contribution in [1.82, 2.24) is 14.8 Å². The highest BCUT2D eigenvalue weighted by Crippen LogP contribution is 2.35. The molecule has 2 aromatic carbocycles. The van der Waals surface area contributed by atoms with E-state index >= 15 is 0 Å². The van der Waals surface area contributed by atoms with Crippen molar-refractivity contribution >= 4 is 5.69 Å². The van der Waals surface area contributed by atoms with E-state index in [9.17, 15) is 0 Å². The van der Waals surface area contributed by atoms with E-state index in [1.807, 2.05) is 56.6 Å². The molecule has 2 heterocycles. The molecular weight excluding hydrogens is 380 g/mol. The lowest BCUT2D eigenvalue weighted by Crippen LogP contribution is -2.19. The SMILES string of the molecule is C=C1N(C)N=NN1c1cccc(OC)c1COc1ccc(-c2ccn(C)n2)cc1C. The van der Waals surface area contributed by atoms with Gasteiger partial charge in [0, 0.05) is 25.9 Å². The zero-order chi connectivity index (χ0) is 21.3. The molecule has 0 aliphatic carbocycles. The summed E-state index contributed by atoms with van der Waals surface area (Å²) in [6.45, 7) is 6.37. The molecular formula is C22H24N6O2. The molecule has 30 heavy (non-hydrogen) atoms. The van der Waals surface area contributed by atoms with E-state index in [0.717, 1.165) is 33.8 Å². The number of anilines is 1. The quantitative estimate of drug-likeness (QED) is 0.606. The summed E-state index contributed by atoms with van der Waals surface area (Å²) in [6, 6.07) is 13.8. The van der Waals surface area contributed by atoms with Gasteiger partial charge in [0.2, 0.25) is 0 Å². The highest BCUT2D eigenvalue weighted by atomic mass is 16.5. The summed E-state index contributed by atoms with van der Waals surface area (Å²) in [5.74, 6) is 2.17. The zero-order valence-electron chi connectivity index (χ0n) is 17.5. The summed E-state index contributed by atoms with van der Waals surface area (Å²) >= 11 is 0. The lowest BCUT2D eigenvalue weighted by atomic mass is 10.1. The molecule has 0 atom stereocenters. The minimum Gasteiger partial charge on any atom is -0.496 e. The molecule has 4 rings (SSSR count). The first kappa shape index (κ1) is 19.5. The molecule has 0 unspecified atom stereocenters. The minimum absolute atomic E-state index is 0.312. The van der Waals surface area contributed by atoms with Gasteiger partial charge in [-0.1, -0.05) is 12.6 Å². The second-order valence-electron chi connectivity index (χ2n) is 7.03. The normalized spacial score (nSPS) is 13.3. The lowest BCUT2D eigenvalue weighted by molar-refractivity contribution is 0.295. The number of hydrogen-bond acceptors (Lipinski definition) is 7. The van der Waals surface area contributed by atoms with Crippen molar-refractivity contribution in [2.75, 3.05) is 19.2 Å². The van der Waals surface area contributed by atoms with Crippen LogP contribution in [0, 0.1) is 6.92 Å². The molecule has 1 aromatic heterocycles.